The highest BCUT2D eigenvalue weighted by atomic mass is 32.2. The summed E-state index contributed by atoms with van der Waals surface area (Å²) in [6.07, 6.45) is 1.43. The molecule has 0 saturated heterocycles. The number of fused-ring (bicyclic) bond motifs is 1. The second kappa shape index (κ2) is 16.4. The number of hydrogen-bond donors (Lipinski definition) is 3. The van der Waals surface area contributed by atoms with Gasteiger partial charge in [-0.15, -0.1) is 0 Å². The number of aryl methyl sites for hydroxylation is 2. The number of urea groups is 1. The van der Waals surface area contributed by atoms with Crippen molar-refractivity contribution in [3.8, 4) is 5.75 Å². The average molecular weight is 686 g/mol. The molecule has 3 amide bonds. The van der Waals surface area contributed by atoms with E-state index in [1.165, 1.54) is 11.4 Å². The second-order valence-corrected chi connectivity index (χ2v) is 14.4. The molecule has 1 aliphatic rings. The molecule has 1 aliphatic heterocycles. The minimum Gasteiger partial charge on any atom is -0.490 e. The summed E-state index contributed by atoms with van der Waals surface area (Å²) < 4.78 is 45.7. The number of anilines is 2. The molecule has 3 N–H and O–H groups in total. The quantitative estimate of drug-likeness (QED) is 0.294. The number of amides is 3. The first-order chi connectivity index (χ1) is 22.8. The number of sulfonamides is 1. The van der Waals surface area contributed by atoms with Gasteiger partial charge in [0.2, 0.25) is 10.0 Å². The summed E-state index contributed by atoms with van der Waals surface area (Å²) in [4.78, 5) is 29.0. The molecular formula is C34H47N5O8S. The molecule has 14 heteroatoms. The van der Waals surface area contributed by atoms with Gasteiger partial charge in [0.05, 0.1) is 35.3 Å². The molecule has 1 aromatic heterocycles. The number of aliphatic hydroxyl groups excluding tert-OH is 1. The topological polar surface area (TPSA) is 164 Å². The Morgan fingerprint density at radius 1 is 1.12 bits per heavy atom. The monoisotopic (exact) mass is 685 g/mol. The van der Waals surface area contributed by atoms with Crippen molar-refractivity contribution < 1.29 is 37.1 Å². The van der Waals surface area contributed by atoms with Gasteiger partial charge in [-0.3, -0.25) is 4.79 Å². The minimum absolute atomic E-state index is 0.0678. The molecule has 0 bridgehead atoms. The molecule has 48 heavy (non-hydrogen) atoms. The maximum atomic E-state index is 14.4. The summed E-state index contributed by atoms with van der Waals surface area (Å²) >= 11 is 0. The number of hydrogen-bond acceptors (Lipinski definition) is 9. The number of nitrogens with one attached hydrogen (secondary N) is 2. The molecule has 0 unspecified atom stereocenters. The van der Waals surface area contributed by atoms with Crippen molar-refractivity contribution in [1.29, 1.82) is 0 Å². The van der Waals surface area contributed by atoms with Crippen LogP contribution in [0, 0.1) is 19.8 Å². The predicted molar refractivity (Wildman–Crippen MR) is 182 cm³/mol. The van der Waals surface area contributed by atoms with Gasteiger partial charge < -0.3 is 34.6 Å². The smallest absolute Gasteiger partial charge is 0.323 e. The summed E-state index contributed by atoms with van der Waals surface area (Å²) in [7, 11) is -2.26. The van der Waals surface area contributed by atoms with Crippen LogP contribution in [0.1, 0.15) is 61.8 Å². The number of carbonyl (C=O) groups is 2. The van der Waals surface area contributed by atoms with Crippen LogP contribution in [0.5, 0.6) is 5.75 Å². The molecule has 3 aromatic rings. The van der Waals surface area contributed by atoms with Gasteiger partial charge >= 0.3 is 6.03 Å². The first-order valence-electron chi connectivity index (χ1n) is 16.2. The van der Waals surface area contributed by atoms with Gasteiger partial charge in [-0.2, -0.15) is 4.31 Å². The zero-order chi connectivity index (χ0) is 35.0. The van der Waals surface area contributed by atoms with Crippen molar-refractivity contribution in [2.24, 2.45) is 5.92 Å². The van der Waals surface area contributed by atoms with E-state index in [1.54, 1.807) is 74.2 Å². The predicted octanol–water partition coefficient (Wildman–Crippen LogP) is 5.05. The number of ether oxygens (including phenoxy) is 2. The maximum Gasteiger partial charge on any atom is 0.323 e. The number of benzene rings is 2. The van der Waals surface area contributed by atoms with E-state index in [1.807, 2.05) is 13.8 Å². The zero-order valence-corrected chi connectivity index (χ0v) is 29.2. The molecule has 4 atom stereocenters. The lowest BCUT2D eigenvalue weighted by molar-refractivity contribution is -0.00833. The van der Waals surface area contributed by atoms with Crippen LogP contribution in [0.25, 0.3) is 0 Å². The van der Waals surface area contributed by atoms with Crippen molar-refractivity contribution in [3.63, 3.8) is 0 Å². The van der Waals surface area contributed by atoms with Gasteiger partial charge in [0.1, 0.15) is 17.1 Å². The van der Waals surface area contributed by atoms with E-state index in [0.29, 0.717) is 41.6 Å². The Morgan fingerprint density at radius 3 is 2.52 bits per heavy atom. The van der Waals surface area contributed by atoms with Gasteiger partial charge in [0, 0.05) is 38.3 Å². The SMILES string of the molecule is Cc1noc(C)c1NC(=O)Nc1ccc2c(c1)C(=O)N([C@@H](C)CO)C[C@H](C)[C@@H](CN(C)S(=O)(=O)c1ccccc1)OCCCC[C@@H](C)O2. The maximum absolute atomic E-state index is 14.4. The molecular weight excluding hydrogens is 638 g/mol. The first-order valence-corrected chi connectivity index (χ1v) is 17.6. The van der Waals surface area contributed by atoms with Crippen molar-refractivity contribution in [3.05, 3.63) is 65.5 Å². The Labute approximate surface area is 282 Å². The van der Waals surface area contributed by atoms with Gasteiger partial charge in [0.25, 0.3) is 5.91 Å². The van der Waals surface area contributed by atoms with Crippen molar-refractivity contribution in [1.82, 2.24) is 14.4 Å². The van der Waals surface area contributed by atoms with Crippen LogP contribution in [0.2, 0.25) is 0 Å². The molecule has 0 fully saturated rings. The third-order valence-corrected chi connectivity index (χ3v) is 10.3. The average Bonchev–Trinajstić information content (AvgIpc) is 3.38. The van der Waals surface area contributed by atoms with E-state index in [-0.39, 0.29) is 42.2 Å². The fourth-order valence-corrected chi connectivity index (χ4v) is 6.73. The summed E-state index contributed by atoms with van der Waals surface area (Å²) in [6.45, 7) is 9.28. The van der Waals surface area contributed by atoms with Gasteiger partial charge in [0.15, 0.2) is 5.76 Å². The fraction of sp³-hybridized carbons (Fsp3) is 0.500. The van der Waals surface area contributed by atoms with E-state index in [9.17, 15) is 23.1 Å². The Morgan fingerprint density at radius 2 is 1.85 bits per heavy atom. The lowest BCUT2D eigenvalue weighted by Gasteiger charge is -2.35. The number of nitrogens with zero attached hydrogens (tertiary/aromatic N) is 3. The highest BCUT2D eigenvalue weighted by Gasteiger charge is 2.32. The number of aromatic nitrogens is 1. The summed E-state index contributed by atoms with van der Waals surface area (Å²) in [5, 5.41) is 19.6. The van der Waals surface area contributed by atoms with E-state index in [4.69, 9.17) is 14.0 Å². The van der Waals surface area contributed by atoms with Gasteiger partial charge in [-0.05, 0) is 77.3 Å². The van der Waals surface area contributed by atoms with Crippen LogP contribution in [0.15, 0.2) is 57.9 Å². The molecule has 13 nitrogen and oxygen atoms in total. The van der Waals surface area contributed by atoms with E-state index < -0.39 is 34.1 Å². The number of rotatable bonds is 8. The number of carbonyl (C=O) groups excluding carboxylic acids is 2. The Kier molecular flexibility index (Phi) is 12.6. The van der Waals surface area contributed by atoms with Crippen LogP contribution < -0.4 is 15.4 Å². The highest BCUT2D eigenvalue weighted by Crippen LogP contribution is 2.29. The van der Waals surface area contributed by atoms with Crippen molar-refractivity contribution in [2.75, 3.05) is 44.0 Å². The zero-order valence-electron chi connectivity index (χ0n) is 28.4. The van der Waals surface area contributed by atoms with E-state index in [2.05, 4.69) is 15.8 Å². The molecule has 262 valence electrons. The molecule has 0 saturated carbocycles. The lowest BCUT2D eigenvalue weighted by Crippen LogP contribution is -2.48. The molecule has 2 aromatic carbocycles. The first kappa shape index (κ1) is 36.8. The summed E-state index contributed by atoms with van der Waals surface area (Å²) in [5.41, 5.74) is 1.54. The highest BCUT2D eigenvalue weighted by molar-refractivity contribution is 7.89. The van der Waals surface area contributed by atoms with Gasteiger partial charge in [-0.25, -0.2) is 13.2 Å². The van der Waals surface area contributed by atoms with Crippen LogP contribution >= 0.6 is 0 Å². The summed E-state index contributed by atoms with van der Waals surface area (Å²) in [6, 6.07) is 11.9. The van der Waals surface area contributed by atoms with Gasteiger partial charge in [-0.1, -0.05) is 30.3 Å². The minimum atomic E-state index is -3.78. The third kappa shape index (κ3) is 9.13. The molecule has 0 spiro atoms. The fourth-order valence-electron chi connectivity index (χ4n) is 5.52. The van der Waals surface area contributed by atoms with E-state index in [0.717, 1.165) is 12.8 Å². The molecule has 0 aliphatic carbocycles. The summed E-state index contributed by atoms with van der Waals surface area (Å²) in [5.74, 6) is 0.0648. The normalized spacial score (nSPS) is 20.4. The Balaban J connectivity index is 1.63. The third-order valence-electron chi connectivity index (χ3n) is 8.47. The Hall–Kier alpha value is -3.98. The van der Waals surface area contributed by atoms with Crippen molar-refractivity contribution >= 4 is 33.3 Å². The Bertz CT molecular complexity index is 1630. The molecule has 2 heterocycles. The van der Waals surface area contributed by atoms with Crippen LogP contribution in [-0.2, 0) is 14.8 Å². The molecule has 0 radical (unpaired) electrons. The number of likely N-dealkylation sites (N-methyl/N-ethyl adjacent to an activating group) is 1. The molecule has 4 rings (SSSR count). The lowest BCUT2D eigenvalue weighted by atomic mass is 10.0. The largest absolute Gasteiger partial charge is 0.490 e. The van der Waals surface area contributed by atoms with Crippen LogP contribution in [0.3, 0.4) is 0 Å². The van der Waals surface area contributed by atoms with Crippen molar-refractivity contribution in [2.45, 2.75) is 77.0 Å². The second-order valence-electron chi connectivity index (χ2n) is 12.4. The standard InChI is InChI=1S/C34H47N5O8S/c1-22-19-39(23(2)21-40)33(41)29-18-27(35-34(42)36-32-25(4)37-47-26(32)5)15-16-30(29)46-24(3)12-10-11-17-45-31(22)20-38(6)48(43,44)28-13-8-7-9-14-28/h7-9,13-16,18,22-24,31,40H,10-12,17,19-21H2,1-6H3,(H2,35,36,42)/t22-,23-,24+,31+/m0/s1. The van der Waals surface area contributed by atoms with Crippen LogP contribution in [-0.4, -0.2) is 91.4 Å². The van der Waals surface area contributed by atoms with E-state index >= 15 is 0 Å². The number of aliphatic hydroxyl groups is 1. The van der Waals surface area contributed by atoms with Crippen LogP contribution in [0.4, 0.5) is 16.2 Å².